The lowest BCUT2D eigenvalue weighted by Gasteiger charge is -2.30. The van der Waals surface area contributed by atoms with Crippen LogP contribution in [0.25, 0.3) is 0 Å². The summed E-state index contributed by atoms with van der Waals surface area (Å²) in [6.45, 7) is 1.21. The highest BCUT2D eigenvalue weighted by Gasteiger charge is 2.49. The molecule has 0 unspecified atom stereocenters. The average Bonchev–Trinajstić information content (AvgIpc) is 3.09. The van der Waals surface area contributed by atoms with Crippen LogP contribution in [0.2, 0.25) is 0 Å². The third kappa shape index (κ3) is 4.14. The van der Waals surface area contributed by atoms with Crippen LogP contribution < -0.4 is 5.32 Å². The number of likely N-dealkylation sites (N-methyl/N-ethyl adjacent to an activating group) is 1. The molecule has 0 spiro atoms. The fourth-order valence-corrected chi connectivity index (χ4v) is 4.22. The van der Waals surface area contributed by atoms with Gasteiger partial charge in [-0.3, -0.25) is 14.5 Å². The second-order valence-electron chi connectivity index (χ2n) is 8.36. The SMILES string of the molecule is CN(C(=O)CN1C(=O)N[C@@](C)(c2ccc(C#N)cc2)C1=O)C(c1ccccc1)c1ccccc1. The van der Waals surface area contributed by atoms with E-state index in [9.17, 15) is 14.4 Å². The fourth-order valence-electron chi connectivity index (χ4n) is 4.22. The maximum atomic E-state index is 13.3. The van der Waals surface area contributed by atoms with Gasteiger partial charge in [0, 0.05) is 7.05 Å². The number of rotatable bonds is 6. The smallest absolute Gasteiger partial charge is 0.325 e. The number of nitriles is 1. The maximum absolute atomic E-state index is 13.3. The van der Waals surface area contributed by atoms with E-state index in [2.05, 4.69) is 5.32 Å². The maximum Gasteiger partial charge on any atom is 0.325 e. The van der Waals surface area contributed by atoms with Crippen LogP contribution in [0.5, 0.6) is 0 Å². The van der Waals surface area contributed by atoms with Gasteiger partial charge in [0.2, 0.25) is 5.91 Å². The van der Waals surface area contributed by atoms with Gasteiger partial charge in [-0.2, -0.15) is 5.26 Å². The molecule has 7 nitrogen and oxygen atoms in total. The average molecular weight is 453 g/mol. The van der Waals surface area contributed by atoms with Crippen LogP contribution in [0.15, 0.2) is 84.9 Å². The van der Waals surface area contributed by atoms with Crippen molar-refractivity contribution in [3.05, 3.63) is 107 Å². The van der Waals surface area contributed by atoms with E-state index in [1.807, 2.05) is 66.7 Å². The second-order valence-corrected chi connectivity index (χ2v) is 8.36. The molecule has 1 N–H and O–H groups in total. The number of nitrogens with zero attached hydrogens (tertiary/aromatic N) is 3. The van der Waals surface area contributed by atoms with E-state index in [1.165, 1.54) is 0 Å². The number of hydrogen-bond donors (Lipinski definition) is 1. The molecule has 170 valence electrons. The summed E-state index contributed by atoms with van der Waals surface area (Å²) in [4.78, 5) is 41.8. The molecule has 3 aromatic carbocycles. The summed E-state index contributed by atoms with van der Waals surface area (Å²) in [6, 6.07) is 26.7. The quantitative estimate of drug-likeness (QED) is 0.579. The standard InChI is InChI=1S/C27H24N4O3/c1-27(22-15-13-19(17-28)14-16-22)25(33)31(26(34)29-27)18-23(32)30(2)24(20-9-5-3-6-10-20)21-11-7-4-8-12-21/h3-16,24H,18H2,1-2H3,(H,29,34)/t27-/m0/s1. The molecule has 3 aromatic rings. The molecule has 0 aromatic heterocycles. The first-order chi connectivity index (χ1) is 16.3. The summed E-state index contributed by atoms with van der Waals surface area (Å²) in [7, 11) is 1.67. The van der Waals surface area contributed by atoms with Crippen molar-refractivity contribution in [2.75, 3.05) is 13.6 Å². The van der Waals surface area contributed by atoms with E-state index in [0.717, 1.165) is 16.0 Å². The summed E-state index contributed by atoms with van der Waals surface area (Å²) in [5, 5.41) is 11.7. The molecule has 4 amide bonds. The van der Waals surface area contributed by atoms with Crippen LogP contribution in [0.3, 0.4) is 0 Å². The predicted octanol–water partition coefficient (Wildman–Crippen LogP) is 3.57. The van der Waals surface area contributed by atoms with Crippen LogP contribution in [0.4, 0.5) is 4.79 Å². The molecule has 7 heteroatoms. The number of benzene rings is 3. The Morgan fingerprint density at radius 1 is 0.971 bits per heavy atom. The Morgan fingerprint density at radius 3 is 2.00 bits per heavy atom. The number of carbonyl (C=O) groups is 3. The normalized spacial score (nSPS) is 17.4. The number of imide groups is 1. The van der Waals surface area contributed by atoms with Gasteiger partial charge in [0.25, 0.3) is 5.91 Å². The molecule has 1 aliphatic heterocycles. The van der Waals surface area contributed by atoms with Crippen molar-refractivity contribution < 1.29 is 14.4 Å². The molecule has 1 atom stereocenters. The number of nitrogens with one attached hydrogen (secondary N) is 1. The van der Waals surface area contributed by atoms with Crippen LogP contribution >= 0.6 is 0 Å². The van der Waals surface area contributed by atoms with Gasteiger partial charge < -0.3 is 10.2 Å². The highest BCUT2D eigenvalue weighted by atomic mass is 16.2. The minimum atomic E-state index is -1.32. The number of amides is 4. The number of urea groups is 1. The zero-order valence-electron chi connectivity index (χ0n) is 18.9. The largest absolute Gasteiger partial charge is 0.333 e. The monoisotopic (exact) mass is 452 g/mol. The molecular weight excluding hydrogens is 428 g/mol. The number of hydrogen-bond acceptors (Lipinski definition) is 4. The van der Waals surface area contributed by atoms with Crippen molar-refractivity contribution in [1.82, 2.24) is 15.1 Å². The molecule has 4 rings (SSSR count). The van der Waals surface area contributed by atoms with Crippen molar-refractivity contribution in [3.8, 4) is 6.07 Å². The second kappa shape index (κ2) is 9.20. The Morgan fingerprint density at radius 2 is 1.50 bits per heavy atom. The lowest BCUT2D eigenvalue weighted by atomic mass is 9.91. The Kier molecular flexibility index (Phi) is 6.15. The van der Waals surface area contributed by atoms with Crippen molar-refractivity contribution in [3.63, 3.8) is 0 Å². The summed E-state index contributed by atoms with van der Waals surface area (Å²) in [6.07, 6.45) is 0. The molecule has 0 aliphatic carbocycles. The summed E-state index contributed by atoms with van der Waals surface area (Å²) < 4.78 is 0. The van der Waals surface area contributed by atoms with Gasteiger partial charge in [-0.25, -0.2) is 4.79 Å². The summed E-state index contributed by atoms with van der Waals surface area (Å²) in [5.74, 6) is -0.884. The Bertz CT molecular complexity index is 1210. The molecular formula is C27H24N4O3. The molecule has 34 heavy (non-hydrogen) atoms. The molecule has 1 fully saturated rings. The highest BCUT2D eigenvalue weighted by molar-refractivity contribution is 6.09. The zero-order valence-corrected chi connectivity index (χ0v) is 18.9. The molecule has 1 heterocycles. The topological polar surface area (TPSA) is 93.5 Å². The first-order valence-electron chi connectivity index (χ1n) is 10.9. The predicted molar refractivity (Wildman–Crippen MR) is 126 cm³/mol. The van der Waals surface area contributed by atoms with Crippen LogP contribution in [-0.2, 0) is 15.1 Å². The van der Waals surface area contributed by atoms with Gasteiger partial charge >= 0.3 is 6.03 Å². The minimum absolute atomic E-state index is 0.370. The number of carbonyl (C=O) groups excluding carboxylic acids is 3. The van der Waals surface area contributed by atoms with Crippen molar-refractivity contribution >= 4 is 17.8 Å². The van der Waals surface area contributed by atoms with Gasteiger partial charge in [0.1, 0.15) is 12.1 Å². The van der Waals surface area contributed by atoms with E-state index in [4.69, 9.17) is 5.26 Å². The Balaban J connectivity index is 1.58. The Hall–Kier alpha value is -4.44. The molecule has 1 aliphatic rings. The van der Waals surface area contributed by atoms with Crippen LogP contribution in [0.1, 0.15) is 35.2 Å². The van der Waals surface area contributed by atoms with Crippen LogP contribution in [-0.4, -0.2) is 41.2 Å². The van der Waals surface area contributed by atoms with Gasteiger partial charge in [-0.15, -0.1) is 0 Å². The van der Waals surface area contributed by atoms with Crippen LogP contribution in [0, 0.1) is 11.3 Å². The van der Waals surface area contributed by atoms with Crippen molar-refractivity contribution in [2.45, 2.75) is 18.5 Å². The molecule has 1 saturated heterocycles. The lowest BCUT2D eigenvalue weighted by molar-refractivity contribution is -0.139. The van der Waals surface area contributed by atoms with E-state index < -0.39 is 17.5 Å². The van der Waals surface area contributed by atoms with E-state index in [0.29, 0.717) is 11.1 Å². The minimum Gasteiger partial charge on any atom is -0.333 e. The zero-order chi connectivity index (χ0) is 24.3. The van der Waals surface area contributed by atoms with Gasteiger partial charge in [0.05, 0.1) is 17.7 Å². The van der Waals surface area contributed by atoms with E-state index in [-0.39, 0.29) is 18.5 Å². The fraction of sp³-hybridized carbons (Fsp3) is 0.185. The van der Waals surface area contributed by atoms with E-state index >= 15 is 0 Å². The van der Waals surface area contributed by atoms with E-state index in [1.54, 1.807) is 43.1 Å². The van der Waals surface area contributed by atoms with Gasteiger partial charge in [-0.1, -0.05) is 72.8 Å². The lowest BCUT2D eigenvalue weighted by Crippen LogP contribution is -2.44. The molecule has 0 bridgehead atoms. The molecule has 0 radical (unpaired) electrons. The third-order valence-electron chi connectivity index (χ3n) is 6.17. The van der Waals surface area contributed by atoms with Crippen molar-refractivity contribution in [2.24, 2.45) is 0 Å². The Labute approximate surface area is 198 Å². The van der Waals surface area contributed by atoms with Gasteiger partial charge in [0.15, 0.2) is 0 Å². The third-order valence-corrected chi connectivity index (χ3v) is 6.17. The first kappa shape index (κ1) is 22.7. The van der Waals surface area contributed by atoms with Gasteiger partial charge in [-0.05, 0) is 35.7 Å². The summed E-state index contributed by atoms with van der Waals surface area (Å²) >= 11 is 0. The van der Waals surface area contributed by atoms with Crippen molar-refractivity contribution in [1.29, 1.82) is 5.26 Å². The molecule has 0 saturated carbocycles. The first-order valence-corrected chi connectivity index (χ1v) is 10.9. The highest BCUT2D eigenvalue weighted by Crippen LogP contribution is 2.31. The summed E-state index contributed by atoms with van der Waals surface area (Å²) in [5.41, 5.74) is 1.51.